The first-order valence-corrected chi connectivity index (χ1v) is 5.16. The fourth-order valence-electron chi connectivity index (χ4n) is 1.26. The predicted octanol–water partition coefficient (Wildman–Crippen LogP) is 2.10. The lowest BCUT2D eigenvalue weighted by Crippen LogP contribution is -2.18. The minimum Gasteiger partial charge on any atom is -0.397 e. The maximum absolute atomic E-state index is 6.07. The molecule has 0 amide bonds. The highest BCUT2D eigenvalue weighted by molar-refractivity contribution is 7.11. The summed E-state index contributed by atoms with van der Waals surface area (Å²) in [5, 5.41) is 5.80. The van der Waals surface area contributed by atoms with E-state index in [1.807, 2.05) is 17.5 Å². The second-order valence-electron chi connectivity index (χ2n) is 2.74. The Labute approximate surface area is 85.7 Å². The van der Waals surface area contributed by atoms with Gasteiger partial charge in [-0.3, -0.25) is 0 Å². The maximum Gasteiger partial charge on any atom is 0.0574 e. The van der Waals surface area contributed by atoms with Crippen LogP contribution in [0.25, 0.3) is 5.57 Å². The average Bonchev–Trinajstić information content (AvgIpc) is 2.57. The topological polar surface area (TPSA) is 38.0 Å². The molecule has 68 valence electrons. The maximum atomic E-state index is 6.07. The summed E-state index contributed by atoms with van der Waals surface area (Å²) in [5.74, 6) is 0. The summed E-state index contributed by atoms with van der Waals surface area (Å²) in [6.07, 6.45) is 1.79. The fraction of sp³-hybridized carbons (Fsp3) is 0.111. The summed E-state index contributed by atoms with van der Waals surface area (Å²) in [4.78, 5) is 1.13. The largest absolute Gasteiger partial charge is 0.397 e. The molecule has 0 bridgehead atoms. The molecule has 1 aromatic heterocycles. The third kappa shape index (κ3) is 1.57. The van der Waals surface area contributed by atoms with Gasteiger partial charge < -0.3 is 11.1 Å². The van der Waals surface area contributed by atoms with Crippen LogP contribution in [0.5, 0.6) is 0 Å². The predicted molar refractivity (Wildman–Crippen MR) is 57.4 cm³/mol. The molecule has 1 aliphatic rings. The van der Waals surface area contributed by atoms with Crippen molar-refractivity contribution in [3.8, 4) is 0 Å². The van der Waals surface area contributed by atoms with E-state index in [4.69, 9.17) is 17.3 Å². The van der Waals surface area contributed by atoms with E-state index in [1.165, 1.54) is 0 Å². The van der Waals surface area contributed by atoms with Crippen molar-refractivity contribution >= 4 is 28.5 Å². The van der Waals surface area contributed by atoms with Crippen LogP contribution < -0.4 is 11.1 Å². The van der Waals surface area contributed by atoms with Gasteiger partial charge in [0, 0.05) is 21.7 Å². The first-order chi connectivity index (χ1) is 6.29. The quantitative estimate of drug-likeness (QED) is 0.748. The summed E-state index contributed by atoms with van der Waals surface area (Å²) in [6.45, 7) is 0.662. The van der Waals surface area contributed by atoms with Crippen molar-refractivity contribution in [3.05, 3.63) is 39.3 Å². The molecule has 0 saturated carbocycles. The molecule has 1 aromatic rings. The Kier molecular flexibility index (Phi) is 2.29. The van der Waals surface area contributed by atoms with Crippen LogP contribution in [0.4, 0.5) is 0 Å². The molecule has 0 aliphatic carbocycles. The highest BCUT2D eigenvalue weighted by Crippen LogP contribution is 2.30. The SMILES string of the molecule is NC1=CNCC(Cl)=C1c1cccs1. The molecule has 0 fully saturated rings. The van der Waals surface area contributed by atoms with Gasteiger partial charge in [-0.1, -0.05) is 17.7 Å². The molecule has 2 heterocycles. The molecular formula is C9H9ClN2S. The lowest BCUT2D eigenvalue weighted by Gasteiger charge is -2.15. The molecular weight excluding hydrogens is 204 g/mol. The monoisotopic (exact) mass is 212 g/mol. The van der Waals surface area contributed by atoms with E-state index in [0.29, 0.717) is 12.2 Å². The number of hydrogen-bond donors (Lipinski definition) is 2. The molecule has 3 N–H and O–H groups in total. The second kappa shape index (κ2) is 3.44. The zero-order valence-corrected chi connectivity index (χ0v) is 8.45. The summed E-state index contributed by atoms with van der Waals surface area (Å²) in [6, 6.07) is 4.01. The first kappa shape index (κ1) is 8.66. The number of thiophene rings is 1. The summed E-state index contributed by atoms with van der Waals surface area (Å²) < 4.78 is 0. The number of hydrogen-bond acceptors (Lipinski definition) is 3. The lowest BCUT2D eigenvalue weighted by atomic mass is 10.1. The van der Waals surface area contributed by atoms with Gasteiger partial charge in [0.2, 0.25) is 0 Å². The molecule has 4 heteroatoms. The van der Waals surface area contributed by atoms with E-state index < -0.39 is 0 Å². The van der Waals surface area contributed by atoms with E-state index >= 15 is 0 Å². The van der Waals surface area contributed by atoms with E-state index in [9.17, 15) is 0 Å². The number of dihydropyridines is 1. The molecule has 2 nitrogen and oxygen atoms in total. The Morgan fingerprint density at radius 2 is 2.38 bits per heavy atom. The third-order valence-electron chi connectivity index (χ3n) is 1.84. The third-order valence-corrected chi connectivity index (χ3v) is 3.05. The molecule has 0 atom stereocenters. The minimum absolute atomic E-state index is 0.662. The number of nitrogens with one attached hydrogen (secondary N) is 1. The number of nitrogens with two attached hydrogens (primary N) is 1. The van der Waals surface area contributed by atoms with Crippen LogP contribution in [0, 0.1) is 0 Å². The first-order valence-electron chi connectivity index (χ1n) is 3.91. The van der Waals surface area contributed by atoms with Crippen LogP contribution in [0.1, 0.15) is 4.88 Å². The normalized spacial score (nSPS) is 16.8. The lowest BCUT2D eigenvalue weighted by molar-refractivity contribution is 0.943. The smallest absolute Gasteiger partial charge is 0.0574 e. The van der Waals surface area contributed by atoms with Crippen molar-refractivity contribution in [2.75, 3.05) is 6.54 Å². The van der Waals surface area contributed by atoms with Gasteiger partial charge >= 0.3 is 0 Å². The molecule has 13 heavy (non-hydrogen) atoms. The Hall–Kier alpha value is -0.930. The van der Waals surface area contributed by atoms with Gasteiger partial charge in [0.05, 0.1) is 12.2 Å². The molecule has 1 aliphatic heterocycles. The highest BCUT2D eigenvalue weighted by atomic mass is 35.5. The Balaban J connectivity index is 2.47. The molecule has 0 radical (unpaired) electrons. The van der Waals surface area contributed by atoms with Gasteiger partial charge in [0.25, 0.3) is 0 Å². The van der Waals surface area contributed by atoms with E-state index in [0.717, 1.165) is 15.5 Å². The van der Waals surface area contributed by atoms with Crippen molar-refractivity contribution in [3.63, 3.8) is 0 Å². The van der Waals surface area contributed by atoms with E-state index in [-0.39, 0.29) is 0 Å². The van der Waals surface area contributed by atoms with Crippen LogP contribution in [-0.4, -0.2) is 6.54 Å². The van der Waals surface area contributed by atoms with Crippen LogP contribution in [0.3, 0.4) is 0 Å². The number of halogens is 1. The average molecular weight is 213 g/mol. The van der Waals surface area contributed by atoms with Crippen LogP contribution >= 0.6 is 22.9 Å². The van der Waals surface area contributed by atoms with Gasteiger partial charge in [0.15, 0.2) is 0 Å². The van der Waals surface area contributed by atoms with Crippen molar-refractivity contribution in [2.24, 2.45) is 5.73 Å². The Bertz CT molecular complexity index is 365. The van der Waals surface area contributed by atoms with Crippen molar-refractivity contribution in [1.29, 1.82) is 0 Å². The Morgan fingerprint density at radius 1 is 1.54 bits per heavy atom. The standard InChI is InChI=1S/C9H9ClN2S/c10-6-4-12-5-7(11)9(6)8-2-1-3-13-8/h1-3,5,12H,4,11H2. The fourth-order valence-corrected chi connectivity index (χ4v) is 2.43. The molecule has 2 rings (SSSR count). The summed E-state index contributed by atoms with van der Waals surface area (Å²) in [7, 11) is 0. The van der Waals surface area contributed by atoms with Crippen molar-refractivity contribution < 1.29 is 0 Å². The van der Waals surface area contributed by atoms with Crippen molar-refractivity contribution in [2.45, 2.75) is 0 Å². The Morgan fingerprint density at radius 3 is 3.00 bits per heavy atom. The zero-order chi connectivity index (χ0) is 9.26. The van der Waals surface area contributed by atoms with Crippen molar-refractivity contribution in [1.82, 2.24) is 5.32 Å². The molecule has 0 aromatic carbocycles. The van der Waals surface area contributed by atoms with Gasteiger partial charge in [-0.15, -0.1) is 11.3 Å². The van der Waals surface area contributed by atoms with Gasteiger partial charge in [-0.25, -0.2) is 0 Å². The summed E-state index contributed by atoms with van der Waals surface area (Å²) in [5.41, 5.74) is 7.50. The van der Waals surface area contributed by atoms with Crippen LogP contribution in [-0.2, 0) is 0 Å². The van der Waals surface area contributed by atoms with E-state index in [2.05, 4.69) is 5.32 Å². The molecule has 0 saturated heterocycles. The molecule has 0 spiro atoms. The summed E-state index contributed by atoms with van der Waals surface area (Å²) >= 11 is 7.72. The van der Waals surface area contributed by atoms with Gasteiger partial charge in [-0.05, 0) is 11.4 Å². The van der Waals surface area contributed by atoms with Crippen LogP contribution in [0.15, 0.2) is 34.4 Å². The highest BCUT2D eigenvalue weighted by Gasteiger charge is 2.14. The zero-order valence-electron chi connectivity index (χ0n) is 6.88. The second-order valence-corrected chi connectivity index (χ2v) is 4.14. The number of allylic oxidation sites excluding steroid dienone is 1. The molecule has 0 unspecified atom stereocenters. The van der Waals surface area contributed by atoms with Gasteiger partial charge in [0.1, 0.15) is 0 Å². The number of rotatable bonds is 1. The van der Waals surface area contributed by atoms with Gasteiger partial charge in [-0.2, -0.15) is 0 Å². The minimum atomic E-state index is 0.662. The van der Waals surface area contributed by atoms with E-state index in [1.54, 1.807) is 17.5 Å². The van der Waals surface area contributed by atoms with Crippen LogP contribution in [0.2, 0.25) is 0 Å².